The Kier molecular flexibility index (Phi) is 6.99. The third kappa shape index (κ3) is 4.63. The predicted molar refractivity (Wildman–Crippen MR) is 131 cm³/mol. The van der Waals surface area contributed by atoms with Crippen LogP contribution in [0.2, 0.25) is 5.02 Å². The highest BCUT2D eigenvalue weighted by Crippen LogP contribution is 2.48. The smallest absolute Gasteiger partial charge is 0.257 e. The lowest BCUT2D eigenvalue weighted by molar-refractivity contribution is -0.144. The van der Waals surface area contributed by atoms with E-state index in [-0.39, 0.29) is 54.4 Å². The molecule has 0 spiro atoms. The van der Waals surface area contributed by atoms with E-state index in [4.69, 9.17) is 16.3 Å². The van der Waals surface area contributed by atoms with E-state index in [0.29, 0.717) is 31.0 Å². The lowest BCUT2D eigenvalue weighted by atomic mass is 9.71. The lowest BCUT2D eigenvalue weighted by Crippen LogP contribution is -2.54. The summed E-state index contributed by atoms with van der Waals surface area (Å²) in [6.45, 7) is 2.51. The number of aliphatic hydroxyl groups is 2. The number of fused-ring (bicyclic) bond motifs is 1. The maximum Gasteiger partial charge on any atom is 0.257 e. The van der Waals surface area contributed by atoms with Crippen molar-refractivity contribution in [3.8, 4) is 0 Å². The summed E-state index contributed by atoms with van der Waals surface area (Å²) in [6.07, 6.45) is 1.82. The van der Waals surface area contributed by atoms with Crippen LogP contribution in [0.15, 0.2) is 24.5 Å². The number of piperidine rings is 1. The van der Waals surface area contributed by atoms with Gasteiger partial charge in [0, 0.05) is 31.0 Å². The first-order valence-corrected chi connectivity index (χ1v) is 13.0. The molecule has 1 aromatic heterocycles. The quantitative estimate of drug-likeness (QED) is 0.559. The molecule has 0 radical (unpaired) electrons. The van der Waals surface area contributed by atoms with Gasteiger partial charge in [-0.2, -0.15) is 0 Å². The lowest BCUT2D eigenvalue weighted by Gasteiger charge is -2.45. The second-order valence-electron chi connectivity index (χ2n) is 10.4. The Morgan fingerprint density at radius 2 is 1.89 bits per heavy atom. The summed E-state index contributed by atoms with van der Waals surface area (Å²) in [7, 11) is 1.89. The molecule has 1 saturated carbocycles. The highest BCUT2D eigenvalue weighted by atomic mass is 35.5. The van der Waals surface area contributed by atoms with Crippen molar-refractivity contribution in [2.24, 2.45) is 0 Å². The van der Waals surface area contributed by atoms with Crippen LogP contribution in [-0.4, -0.2) is 73.9 Å². The van der Waals surface area contributed by atoms with Gasteiger partial charge in [-0.25, -0.2) is 18.7 Å². The second kappa shape index (κ2) is 9.81. The molecule has 1 unspecified atom stereocenters. The van der Waals surface area contributed by atoms with Crippen LogP contribution in [0, 0.1) is 5.82 Å². The van der Waals surface area contributed by atoms with Gasteiger partial charge in [0.2, 0.25) is 0 Å². The first-order valence-electron chi connectivity index (χ1n) is 12.6. The molecule has 5 rings (SSSR count). The molecule has 1 aromatic carbocycles. The zero-order valence-corrected chi connectivity index (χ0v) is 21.6. The molecule has 0 bridgehead atoms. The van der Waals surface area contributed by atoms with Crippen molar-refractivity contribution in [2.75, 3.05) is 20.1 Å². The monoisotopic (exact) mass is 536 g/mol. The topological polar surface area (TPSA) is 99.0 Å². The third-order valence-corrected chi connectivity index (χ3v) is 8.23. The average molecular weight is 537 g/mol. The molecule has 37 heavy (non-hydrogen) atoms. The molecule has 2 atom stereocenters. The van der Waals surface area contributed by atoms with Gasteiger partial charge in [-0.15, -0.1) is 0 Å². The highest BCUT2D eigenvalue weighted by Gasteiger charge is 2.53. The summed E-state index contributed by atoms with van der Waals surface area (Å²) in [6, 6.07) is 2.53. The highest BCUT2D eigenvalue weighted by molar-refractivity contribution is 6.30. The molecule has 2 N–H and O–H groups in total. The number of aliphatic hydroxyl groups excluding tert-OH is 1. The number of ether oxygens (including phenoxy) is 1. The molecule has 8 nitrogen and oxygen atoms in total. The number of hydrogen-bond acceptors (Lipinski definition) is 7. The van der Waals surface area contributed by atoms with Crippen molar-refractivity contribution in [1.29, 1.82) is 0 Å². The number of amides is 1. The number of likely N-dealkylation sites (tertiary alicyclic amines) is 1. The van der Waals surface area contributed by atoms with E-state index in [1.165, 1.54) is 23.4 Å². The number of rotatable bonds is 7. The number of halogens is 3. The molecule has 2 aromatic rings. The standard InChI is InChI=1S/C26H31ClF2N4O4/c1-3-26(36,25(29)4-6-32(2)7-5-25)15-8-19-22(20(28)9-15)24(37-18-10-17(34)11-18)33(23(19)35)14-21-30-12-16(27)13-31-21/h8-9,12-13,17-18,24,34,36H,3-7,10-11,14H2,1-2H3/t17?,18?,24-,26?/m1/s1. The minimum absolute atomic E-state index is 0.0113. The van der Waals surface area contributed by atoms with Crippen molar-refractivity contribution < 1.29 is 28.5 Å². The maximum absolute atomic E-state index is 16.2. The fourth-order valence-corrected chi connectivity index (χ4v) is 5.67. The molecule has 11 heteroatoms. The maximum atomic E-state index is 16.2. The largest absolute Gasteiger partial charge is 0.393 e. The summed E-state index contributed by atoms with van der Waals surface area (Å²) < 4.78 is 38.1. The Balaban J connectivity index is 1.53. The summed E-state index contributed by atoms with van der Waals surface area (Å²) >= 11 is 5.88. The summed E-state index contributed by atoms with van der Waals surface area (Å²) in [5.41, 5.74) is -3.86. The van der Waals surface area contributed by atoms with Crippen molar-refractivity contribution in [2.45, 2.75) is 75.3 Å². The number of aromatic nitrogens is 2. The first-order chi connectivity index (χ1) is 17.5. The van der Waals surface area contributed by atoms with Gasteiger partial charge in [0.25, 0.3) is 5.91 Å². The van der Waals surface area contributed by atoms with Crippen molar-refractivity contribution in [1.82, 2.24) is 19.8 Å². The molecule has 2 fully saturated rings. The van der Waals surface area contributed by atoms with Gasteiger partial charge >= 0.3 is 0 Å². The number of benzene rings is 1. The van der Waals surface area contributed by atoms with Gasteiger partial charge in [0.05, 0.1) is 29.3 Å². The fraction of sp³-hybridized carbons (Fsp3) is 0.577. The van der Waals surface area contributed by atoms with E-state index in [2.05, 4.69) is 9.97 Å². The Hall–Kier alpha value is -2.24. The van der Waals surface area contributed by atoms with Crippen molar-refractivity contribution in [3.05, 3.63) is 57.9 Å². The van der Waals surface area contributed by atoms with Gasteiger partial charge in [0.15, 0.2) is 6.23 Å². The van der Waals surface area contributed by atoms with E-state index >= 15 is 8.78 Å². The van der Waals surface area contributed by atoms with Crippen LogP contribution in [0.25, 0.3) is 0 Å². The van der Waals surface area contributed by atoms with Crippen LogP contribution < -0.4 is 0 Å². The Bertz CT molecular complexity index is 1170. The zero-order chi connectivity index (χ0) is 26.5. The molecular formula is C26H31ClF2N4O4. The van der Waals surface area contributed by atoms with Gasteiger partial charge in [0.1, 0.15) is 22.9 Å². The average Bonchev–Trinajstić information content (AvgIpc) is 3.12. The molecule has 1 saturated heterocycles. The van der Waals surface area contributed by atoms with Crippen molar-refractivity contribution >= 4 is 17.5 Å². The summed E-state index contributed by atoms with van der Waals surface area (Å²) in [4.78, 5) is 25.2. The number of carbonyl (C=O) groups is 1. The fourth-order valence-electron chi connectivity index (χ4n) is 5.57. The Labute approximate surface area is 219 Å². The van der Waals surface area contributed by atoms with Crippen LogP contribution >= 0.6 is 11.6 Å². The SMILES string of the molecule is CCC(O)(c1cc(F)c2c(c1)C(=O)N(Cc1ncc(Cl)cn1)[C@@H]2OC1CC(O)C1)C1(F)CCN(C)CC1. The van der Waals surface area contributed by atoms with E-state index < -0.39 is 35.3 Å². The number of alkyl halides is 1. The normalized spacial score (nSPS) is 27.1. The van der Waals surface area contributed by atoms with Crippen LogP contribution in [-0.2, 0) is 16.9 Å². The third-order valence-electron chi connectivity index (χ3n) is 8.04. The Morgan fingerprint density at radius 1 is 1.24 bits per heavy atom. The minimum Gasteiger partial charge on any atom is -0.393 e. The molecular weight excluding hydrogens is 506 g/mol. The zero-order valence-electron chi connectivity index (χ0n) is 20.8. The van der Waals surface area contributed by atoms with Crippen molar-refractivity contribution in [3.63, 3.8) is 0 Å². The first kappa shape index (κ1) is 26.4. The molecule has 2 aliphatic heterocycles. The molecule has 1 amide bonds. The van der Waals surface area contributed by atoms with E-state index in [0.717, 1.165) is 6.07 Å². The minimum atomic E-state index is -1.97. The summed E-state index contributed by atoms with van der Waals surface area (Å²) in [5, 5.41) is 21.7. The molecule has 3 aliphatic rings. The van der Waals surface area contributed by atoms with Gasteiger partial charge in [-0.3, -0.25) is 4.79 Å². The second-order valence-corrected chi connectivity index (χ2v) is 10.8. The van der Waals surface area contributed by atoms with E-state index in [1.54, 1.807) is 6.92 Å². The number of nitrogens with zero attached hydrogens (tertiary/aromatic N) is 4. The Morgan fingerprint density at radius 3 is 2.49 bits per heavy atom. The van der Waals surface area contributed by atoms with Crippen LogP contribution in [0.4, 0.5) is 8.78 Å². The summed E-state index contributed by atoms with van der Waals surface area (Å²) in [5.74, 6) is -1.00. The van der Waals surface area contributed by atoms with Gasteiger partial charge in [-0.1, -0.05) is 18.5 Å². The number of carbonyl (C=O) groups excluding carboxylic acids is 1. The van der Waals surface area contributed by atoms with E-state index in [1.807, 2.05) is 11.9 Å². The molecule has 3 heterocycles. The predicted octanol–water partition coefficient (Wildman–Crippen LogP) is 3.50. The van der Waals surface area contributed by atoms with Crippen LogP contribution in [0.3, 0.4) is 0 Å². The van der Waals surface area contributed by atoms with Gasteiger partial charge < -0.3 is 24.7 Å². The van der Waals surface area contributed by atoms with Crippen LogP contribution in [0.1, 0.15) is 72.6 Å². The number of hydrogen-bond donors (Lipinski definition) is 2. The molecule has 1 aliphatic carbocycles. The van der Waals surface area contributed by atoms with Crippen LogP contribution in [0.5, 0.6) is 0 Å². The molecule has 200 valence electrons. The van der Waals surface area contributed by atoms with E-state index in [9.17, 15) is 15.0 Å². The van der Waals surface area contributed by atoms with Gasteiger partial charge in [-0.05, 0) is 56.8 Å².